The summed E-state index contributed by atoms with van der Waals surface area (Å²) in [6.45, 7) is 2.37. The Morgan fingerprint density at radius 2 is 1.65 bits per heavy atom. The van der Waals surface area contributed by atoms with E-state index in [9.17, 15) is 10.1 Å². The summed E-state index contributed by atoms with van der Waals surface area (Å²) in [5, 5.41) is 0. The number of halogens is 3. The predicted molar refractivity (Wildman–Crippen MR) is 67.3 cm³/mol. The van der Waals surface area contributed by atoms with Crippen molar-refractivity contribution < 1.29 is 13.2 Å². The van der Waals surface area contributed by atoms with Gasteiger partial charge < -0.3 is 0 Å². The molecule has 0 N–H and O–H groups in total. The van der Waals surface area contributed by atoms with E-state index in [0.29, 0.717) is 13.0 Å². The third-order valence-electron chi connectivity index (χ3n) is 2.66. The summed E-state index contributed by atoms with van der Waals surface area (Å²) in [7, 11) is 0. The topological polar surface area (TPSA) is 9.23 Å². The van der Waals surface area contributed by atoms with Crippen molar-refractivity contribution >= 4 is 19.9 Å². The zero-order valence-corrected chi connectivity index (χ0v) is 13.7. The van der Waals surface area contributed by atoms with Crippen molar-refractivity contribution in [1.82, 2.24) is 0 Å². The molecule has 0 amide bonds. The van der Waals surface area contributed by atoms with Gasteiger partial charge in [0.15, 0.2) is 0 Å². The van der Waals surface area contributed by atoms with E-state index in [1.54, 1.807) is 0 Å². The van der Waals surface area contributed by atoms with Crippen LogP contribution in [0, 0.1) is 0 Å². The summed E-state index contributed by atoms with van der Waals surface area (Å²) in [6, 6.07) is 0. The maximum atomic E-state index is 12.2. The number of rotatable bonds is 6. The Hall–Kier alpha value is 0.549. The molecule has 1 saturated heterocycles. The first-order chi connectivity index (χ1) is 8.12. The van der Waals surface area contributed by atoms with Crippen LogP contribution in [0.3, 0.4) is 0 Å². The van der Waals surface area contributed by atoms with Crippen molar-refractivity contribution in [2.45, 2.75) is 62.7 Å². The zero-order chi connectivity index (χ0) is 13.0. The van der Waals surface area contributed by atoms with Gasteiger partial charge in [-0.25, -0.2) is 0 Å². The molecule has 0 unspecified atom stereocenters. The van der Waals surface area contributed by atoms with Gasteiger partial charge in [-0.2, -0.15) is 0 Å². The van der Waals surface area contributed by atoms with Gasteiger partial charge >= 0.3 is 52.6 Å². The van der Waals surface area contributed by atoms with E-state index in [2.05, 4.69) is 10.00 Å². The molecule has 0 bridgehead atoms. The Bertz CT molecular complexity index is 154. The van der Waals surface area contributed by atoms with Gasteiger partial charge in [0.25, 0.3) is 0 Å². The van der Waals surface area contributed by atoms with Crippen molar-refractivity contribution in [2.24, 2.45) is 0 Å². The first kappa shape index (κ1) is 17.5. The second-order valence-electron chi connectivity index (χ2n) is 4.40. The van der Waals surface area contributed by atoms with Gasteiger partial charge in [0, 0.05) is 0 Å². The van der Waals surface area contributed by atoms with Crippen molar-refractivity contribution in [3.05, 3.63) is 0 Å². The molecule has 1 fully saturated rings. The number of unbranched alkanes of at least 4 members (excludes halogenated alkanes) is 5. The van der Waals surface area contributed by atoms with Crippen molar-refractivity contribution in [3.8, 4) is 0 Å². The van der Waals surface area contributed by atoms with Gasteiger partial charge in [-0.1, -0.05) is 39.0 Å². The van der Waals surface area contributed by atoms with Crippen LogP contribution in [0.1, 0.15) is 58.3 Å². The third-order valence-corrected chi connectivity index (χ3v) is 7.12. The molecular weight excluding hydrogens is 336 g/mol. The van der Waals surface area contributed by atoms with Crippen molar-refractivity contribution in [2.75, 3.05) is 13.3 Å². The van der Waals surface area contributed by atoms with Crippen LogP contribution < -0.4 is 0 Å². The van der Waals surface area contributed by atoms with Gasteiger partial charge in [-0.15, -0.1) is 0 Å². The zero-order valence-electron chi connectivity index (χ0n) is 10.8. The van der Waals surface area contributed by atoms with Crippen LogP contribution in [0.4, 0.5) is 10.1 Å². The molecule has 0 atom stereocenters. The van der Waals surface area contributed by atoms with Crippen LogP contribution in [0.5, 0.6) is 0 Å². The molecule has 1 aliphatic rings. The Morgan fingerprint density at radius 3 is 2.06 bits per heavy atom. The van der Waals surface area contributed by atoms with Gasteiger partial charge in [0.05, 0.1) is 6.67 Å². The maximum absolute atomic E-state index is 12.2. The van der Waals surface area contributed by atoms with Crippen LogP contribution in [0.15, 0.2) is 0 Å². The first-order valence-corrected chi connectivity index (χ1v) is 12.0. The van der Waals surface area contributed by atoms with Gasteiger partial charge in [0.1, 0.15) is 0 Å². The van der Waals surface area contributed by atoms with Crippen LogP contribution in [0.2, 0.25) is 4.44 Å². The van der Waals surface area contributed by atoms with Crippen LogP contribution in [0.25, 0.3) is 0 Å². The fourth-order valence-electron chi connectivity index (χ4n) is 1.60. The fraction of sp³-hybridized carbons (Fsp3) is 1.00. The molecule has 0 radical (unpaired) electrons. The molecule has 5 heteroatoms. The quantitative estimate of drug-likeness (QED) is 0.479. The van der Waals surface area contributed by atoms with Crippen LogP contribution >= 0.6 is 0 Å². The third kappa shape index (κ3) is 12.8. The Labute approximate surface area is 109 Å². The molecule has 1 heterocycles. The summed E-state index contributed by atoms with van der Waals surface area (Å²) >= 11 is -4.74. The summed E-state index contributed by atoms with van der Waals surface area (Å²) < 4.78 is 40.3. The summed E-state index contributed by atoms with van der Waals surface area (Å²) in [6.07, 6.45) is 8.45. The summed E-state index contributed by atoms with van der Waals surface area (Å²) in [5.41, 5.74) is 0. The Kier molecular flexibility index (Phi) is 12.0. The molecule has 0 saturated carbocycles. The molecule has 0 aromatic rings. The molecule has 0 aromatic carbocycles. The minimum atomic E-state index is -4.74. The monoisotopic (exact) mass is 362 g/mol. The average molecular weight is 361 g/mol. The molecule has 17 heavy (non-hydrogen) atoms. The Balaban J connectivity index is 0.000000302. The number of hydrogen-bond acceptors (Lipinski definition) is 1. The SMILES string of the molecule is CCCCCCCCF.[F][Sn]1([F])[CH2]CCC[O]1. The van der Waals surface area contributed by atoms with Gasteiger partial charge in [0.2, 0.25) is 0 Å². The molecule has 1 nitrogen and oxygen atoms in total. The van der Waals surface area contributed by atoms with E-state index in [4.69, 9.17) is 0 Å². The average Bonchev–Trinajstić information content (AvgIpc) is 2.29. The molecule has 0 aromatic heterocycles. The molecule has 0 spiro atoms. The Morgan fingerprint density at radius 1 is 1.00 bits per heavy atom. The normalized spacial score (nSPS) is 18.4. The first-order valence-electron chi connectivity index (χ1n) is 6.70. The summed E-state index contributed by atoms with van der Waals surface area (Å²) in [4.78, 5) is 0. The second kappa shape index (κ2) is 11.6. The minimum absolute atomic E-state index is 0.106. The predicted octanol–water partition coefficient (Wildman–Crippen LogP) is 4.99. The molecule has 1 rings (SSSR count). The van der Waals surface area contributed by atoms with Gasteiger partial charge in [-0.3, -0.25) is 4.39 Å². The molecule has 1 aliphatic heterocycles. The molecule has 104 valence electrons. The van der Waals surface area contributed by atoms with Gasteiger partial charge in [-0.05, 0) is 6.42 Å². The summed E-state index contributed by atoms with van der Waals surface area (Å²) in [5.74, 6) is 0. The van der Waals surface area contributed by atoms with E-state index < -0.39 is 19.9 Å². The second-order valence-corrected chi connectivity index (χ2v) is 10.3. The van der Waals surface area contributed by atoms with E-state index in [1.165, 1.54) is 25.7 Å². The standard InChI is InChI=1S/C8H17F.C4H8O.2FH.Sn/c1-2-3-4-5-6-7-8-9;1-2-3-4-5;;;/h2-8H2,1H3;1-4H2;2*1H;/q;-1;;;+3/p-2. The van der Waals surface area contributed by atoms with Crippen LogP contribution in [-0.4, -0.2) is 33.2 Å². The van der Waals surface area contributed by atoms with E-state index in [0.717, 1.165) is 19.3 Å². The molecule has 0 aliphatic carbocycles. The van der Waals surface area contributed by atoms with E-state index >= 15 is 0 Å². The fourth-order valence-corrected chi connectivity index (χ4v) is 5.17. The van der Waals surface area contributed by atoms with E-state index in [1.807, 2.05) is 0 Å². The van der Waals surface area contributed by atoms with Crippen LogP contribution in [-0.2, 0) is 3.07 Å². The molecular formula is C12H25F3OSn. The number of alkyl halides is 1. The number of hydrogen-bond donors (Lipinski definition) is 0. The van der Waals surface area contributed by atoms with Crippen molar-refractivity contribution in [3.63, 3.8) is 0 Å². The van der Waals surface area contributed by atoms with Crippen molar-refractivity contribution in [1.29, 1.82) is 0 Å². The van der Waals surface area contributed by atoms with E-state index in [-0.39, 0.29) is 11.1 Å².